The number of aromatic nitrogens is 1. The van der Waals surface area contributed by atoms with E-state index in [2.05, 4.69) is 17.1 Å². The Kier molecular flexibility index (Phi) is 6.27. The molecule has 1 aromatic heterocycles. The summed E-state index contributed by atoms with van der Waals surface area (Å²) in [6.07, 6.45) is 6.95. The van der Waals surface area contributed by atoms with Gasteiger partial charge >= 0.3 is 0 Å². The highest BCUT2D eigenvalue weighted by Crippen LogP contribution is 2.26. The normalized spacial score (nSPS) is 16.5. The maximum atomic E-state index is 12.6. The number of piperidine rings is 1. The van der Waals surface area contributed by atoms with Crippen LogP contribution in [-0.2, 0) is 16.4 Å². The molecule has 0 radical (unpaired) electrons. The van der Waals surface area contributed by atoms with Crippen molar-refractivity contribution in [3.63, 3.8) is 0 Å². The molecule has 2 heterocycles. The van der Waals surface area contributed by atoms with Gasteiger partial charge in [-0.2, -0.15) is 4.31 Å². The minimum atomic E-state index is -3.41. The van der Waals surface area contributed by atoms with Crippen LogP contribution in [0.3, 0.4) is 0 Å². The lowest BCUT2D eigenvalue weighted by molar-refractivity contribution is 0.263. The second kappa shape index (κ2) is 8.64. The molecule has 0 aliphatic carbocycles. The number of hydrogen-bond donors (Lipinski definition) is 0. The van der Waals surface area contributed by atoms with Gasteiger partial charge in [0.2, 0.25) is 10.0 Å². The lowest BCUT2D eigenvalue weighted by atomic mass is 9.91. The van der Waals surface area contributed by atoms with Crippen LogP contribution in [0.5, 0.6) is 5.75 Å². The highest BCUT2D eigenvalue weighted by molar-refractivity contribution is 7.89. The zero-order valence-corrected chi connectivity index (χ0v) is 16.0. The standard InChI is InChI=1S/C20H26N2O3S/c1-2-25-19-9-7-17(8-10-19)5-6-18-11-14-22(15-12-18)26(23,24)20-4-3-13-21-16-20/h3-4,7-10,13,16,18H,2,5-6,11-12,14-15H2,1H3. The van der Waals surface area contributed by atoms with Crippen LogP contribution in [0.2, 0.25) is 0 Å². The van der Waals surface area contributed by atoms with Crippen molar-refractivity contribution < 1.29 is 13.2 Å². The summed E-state index contributed by atoms with van der Waals surface area (Å²) < 4.78 is 32.3. The minimum Gasteiger partial charge on any atom is -0.494 e. The Hall–Kier alpha value is -1.92. The molecule has 2 aromatic rings. The number of nitrogens with zero attached hydrogens (tertiary/aromatic N) is 2. The van der Waals surface area contributed by atoms with Crippen molar-refractivity contribution in [2.45, 2.75) is 37.5 Å². The van der Waals surface area contributed by atoms with Crippen LogP contribution in [-0.4, -0.2) is 37.4 Å². The number of ether oxygens (including phenoxy) is 1. The third-order valence-corrected chi connectivity index (χ3v) is 6.80. The first-order valence-electron chi connectivity index (χ1n) is 9.21. The van der Waals surface area contributed by atoms with Crippen molar-refractivity contribution in [3.05, 3.63) is 54.4 Å². The summed E-state index contributed by atoms with van der Waals surface area (Å²) in [6.45, 7) is 3.84. The molecule has 0 amide bonds. The predicted molar refractivity (Wildman–Crippen MR) is 102 cm³/mol. The van der Waals surface area contributed by atoms with E-state index in [9.17, 15) is 8.42 Å². The maximum absolute atomic E-state index is 12.6. The summed E-state index contributed by atoms with van der Waals surface area (Å²) in [5.74, 6) is 1.48. The Balaban J connectivity index is 1.49. The van der Waals surface area contributed by atoms with Gasteiger partial charge in [0.05, 0.1) is 6.61 Å². The summed E-state index contributed by atoms with van der Waals surface area (Å²) in [7, 11) is -3.41. The Bertz CT molecular complexity index is 784. The molecule has 0 atom stereocenters. The molecule has 1 saturated heterocycles. The molecule has 1 fully saturated rings. The van der Waals surface area contributed by atoms with Crippen LogP contribution in [0.1, 0.15) is 31.7 Å². The van der Waals surface area contributed by atoms with Crippen molar-refractivity contribution in [1.29, 1.82) is 0 Å². The van der Waals surface area contributed by atoms with Gasteiger partial charge in [0.25, 0.3) is 0 Å². The molecule has 1 aromatic carbocycles. The first-order chi connectivity index (χ1) is 12.6. The molecule has 1 aliphatic heterocycles. The van der Waals surface area contributed by atoms with E-state index >= 15 is 0 Å². The molecule has 6 heteroatoms. The minimum absolute atomic E-state index is 0.285. The Morgan fingerprint density at radius 1 is 1.15 bits per heavy atom. The largest absolute Gasteiger partial charge is 0.494 e. The molecule has 3 rings (SSSR count). The summed E-state index contributed by atoms with van der Waals surface area (Å²) in [6, 6.07) is 11.5. The summed E-state index contributed by atoms with van der Waals surface area (Å²) in [4.78, 5) is 4.21. The highest BCUT2D eigenvalue weighted by atomic mass is 32.2. The quantitative estimate of drug-likeness (QED) is 0.744. The van der Waals surface area contributed by atoms with E-state index < -0.39 is 10.0 Å². The first-order valence-corrected chi connectivity index (χ1v) is 10.7. The molecular formula is C20H26N2O3S. The Morgan fingerprint density at radius 2 is 1.88 bits per heavy atom. The van der Waals surface area contributed by atoms with Gasteiger partial charge in [-0.1, -0.05) is 12.1 Å². The van der Waals surface area contributed by atoms with Crippen molar-refractivity contribution in [2.75, 3.05) is 19.7 Å². The first kappa shape index (κ1) is 18.9. The summed E-state index contributed by atoms with van der Waals surface area (Å²) >= 11 is 0. The van der Waals surface area contributed by atoms with Crippen LogP contribution in [0, 0.1) is 5.92 Å². The van der Waals surface area contributed by atoms with Gasteiger partial charge in [0, 0.05) is 25.5 Å². The molecule has 0 saturated carbocycles. The van der Waals surface area contributed by atoms with E-state index in [0.717, 1.165) is 31.4 Å². The second-order valence-electron chi connectivity index (χ2n) is 6.65. The summed E-state index contributed by atoms with van der Waals surface area (Å²) in [5.41, 5.74) is 1.30. The van der Waals surface area contributed by atoms with E-state index in [4.69, 9.17) is 4.74 Å². The van der Waals surface area contributed by atoms with Gasteiger partial charge in [0.1, 0.15) is 10.6 Å². The Labute approximate surface area is 156 Å². The molecule has 0 unspecified atom stereocenters. The molecule has 5 nitrogen and oxygen atoms in total. The fourth-order valence-corrected chi connectivity index (χ4v) is 4.81. The van der Waals surface area contributed by atoms with Crippen LogP contribution >= 0.6 is 0 Å². The number of pyridine rings is 1. The smallest absolute Gasteiger partial charge is 0.244 e. The zero-order chi connectivity index (χ0) is 18.4. The number of hydrogen-bond acceptors (Lipinski definition) is 4. The van der Waals surface area contributed by atoms with Gasteiger partial charge in [-0.25, -0.2) is 8.42 Å². The SMILES string of the molecule is CCOc1ccc(CCC2CCN(S(=O)(=O)c3cccnc3)CC2)cc1. The fourth-order valence-electron chi connectivity index (χ4n) is 3.38. The zero-order valence-electron chi connectivity index (χ0n) is 15.2. The molecular weight excluding hydrogens is 348 g/mol. The fraction of sp³-hybridized carbons (Fsp3) is 0.450. The van der Waals surface area contributed by atoms with E-state index in [1.54, 1.807) is 22.6 Å². The van der Waals surface area contributed by atoms with Gasteiger partial charge in [-0.15, -0.1) is 0 Å². The predicted octanol–water partition coefficient (Wildman–Crippen LogP) is 3.51. The molecule has 26 heavy (non-hydrogen) atoms. The lowest BCUT2D eigenvalue weighted by Gasteiger charge is -2.31. The average molecular weight is 375 g/mol. The van der Waals surface area contributed by atoms with Crippen LogP contribution in [0.25, 0.3) is 0 Å². The van der Waals surface area contributed by atoms with Crippen LogP contribution in [0.15, 0.2) is 53.7 Å². The number of rotatable bonds is 7. The topological polar surface area (TPSA) is 59.5 Å². The van der Waals surface area contributed by atoms with Crippen molar-refractivity contribution in [1.82, 2.24) is 9.29 Å². The van der Waals surface area contributed by atoms with Gasteiger partial charge in [0.15, 0.2) is 0 Å². The second-order valence-corrected chi connectivity index (χ2v) is 8.59. The van der Waals surface area contributed by atoms with Crippen molar-refractivity contribution >= 4 is 10.0 Å². The van der Waals surface area contributed by atoms with E-state index in [0.29, 0.717) is 25.6 Å². The molecule has 140 valence electrons. The molecule has 0 spiro atoms. The van der Waals surface area contributed by atoms with E-state index in [1.807, 2.05) is 19.1 Å². The van der Waals surface area contributed by atoms with Crippen molar-refractivity contribution in [3.8, 4) is 5.75 Å². The maximum Gasteiger partial charge on any atom is 0.244 e. The van der Waals surface area contributed by atoms with E-state index in [1.165, 1.54) is 11.8 Å². The van der Waals surface area contributed by atoms with Gasteiger partial charge in [-0.3, -0.25) is 4.98 Å². The molecule has 0 bridgehead atoms. The lowest BCUT2D eigenvalue weighted by Crippen LogP contribution is -2.38. The molecule has 0 N–H and O–H groups in total. The molecule has 1 aliphatic rings. The van der Waals surface area contributed by atoms with Crippen LogP contribution in [0.4, 0.5) is 0 Å². The van der Waals surface area contributed by atoms with E-state index in [-0.39, 0.29) is 4.90 Å². The summed E-state index contributed by atoms with van der Waals surface area (Å²) in [5, 5.41) is 0. The average Bonchev–Trinajstić information content (AvgIpc) is 2.69. The monoisotopic (exact) mass is 374 g/mol. The van der Waals surface area contributed by atoms with Gasteiger partial charge in [-0.05, 0) is 68.4 Å². The highest BCUT2D eigenvalue weighted by Gasteiger charge is 2.29. The third kappa shape index (κ3) is 4.62. The van der Waals surface area contributed by atoms with Crippen molar-refractivity contribution in [2.24, 2.45) is 5.92 Å². The van der Waals surface area contributed by atoms with Gasteiger partial charge < -0.3 is 4.74 Å². The number of benzene rings is 1. The number of aryl methyl sites for hydroxylation is 1. The number of sulfonamides is 1. The third-order valence-electron chi connectivity index (χ3n) is 4.92. The van der Waals surface area contributed by atoms with Crippen LogP contribution < -0.4 is 4.74 Å². The Morgan fingerprint density at radius 3 is 2.50 bits per heavy atom.